The summed E-state index contributed by atoms with van der Waals surface area (Å²) in [6.45, 7) is 3.19. The van der Waals surface area contributed by atoms with E-state index >= 15 is 0 Å². The van der Waals surface area contributed by atoms with Gasteiger partial charge >= 0.3 is 11.8 Å². The van der Waals surface area contributed by atoms with E-state index in [9.17, 15) is 14.4 Å². The van der Waals surface area contributed by atoms with Crippen molar-refractivity contribution in [3.8, 4) is 0 Å². The SMILES string of the molecule is C/C(CC(=O)Nc1cccc(C)c1)=N/NC(=O)C(=O)NCCO. The summed E-state index contributed by atoms with van der Waals surface area (Å²) in [5, 5.41) is 17.1. The van der Waals surface area contributed by atoms with E-state index in [-0.39, 0.29) is 25.5 Å². The van der Waals surface area contributed by atoms with Gasteiger partial charge in [0.15, 0.2) is 0 Å². The fourth-order valence-electron chi connectivity index (χ4n) is 1.65. The Hall–Kier alpha value is -2.74. The molecule has 0 saturated heterocycles. The standard InChI is InChI=1S/C15H20N4O4/c1-10-4-3-5-12(8-10)17-13(21)9-11(2)18-19-15(23)14(22)16-6-7-20/h3-5,8,20H,6-7,9H2,1-2H3,(H,16,22)(H,17,21)(H,19,23)/b18-11-. The molecule has 0 radical (unpaired) electrons. The minimum Gasteiger partial charge on any atom is -0.395 e. The third kappa shape index (κ3) is 7.18. The number of nitrogens with zero attached hydrogens (tertiary/aromatic N) is 1. The summed E-state index contributed by atoms with van der Waals surface area (Å²) in [5.41, 5.74) is 4.09. The number of hydrogen-bond donors (Lipinski definition) is 4. The molecule has 8 nitrogen and oxygen atoms in total. The molecule has 1 aromatic rings. The third-order valence-corrected chi connectivity index (χ3v) is 2.67. The van der Waals surface area contributed by atoms with E-state index in [1.807, 2.05) is 30.5 Å². The van der Waals surface area contributed by atoms with E-state index in [0.717, 1.165) is 5.56 Å². The Labute approximate surface area is 134 Å². The zero-order valence-corrected chi connectivity index (χ0v) is 13.0. The molecule has 0 aliphatic rings. The second-order valence-corrected chi connectivity index (χ2v) is 4.86. The van der Waals surface area contributed by atoms with Gasteiger partial charge in [-0.05, 0) is 31.5 Å². The molecule has 0 aliphatic heterocycles. The molecule has 8 heteroatoms. The number of hydrazone groups is 1. The molecule has 3 amide bonds. The minimum absolute atomic E-state index is 0.0200. The summed E-state index contributed by atoms with van der Waals surface area (Å²) in [7, 11) is 0. The lowest BCUT2D eigenvalue weighted by Gasteiger charge is -2.06. The number of aryl methyl sites for hydroxylation is 1. The predicted octanol–water partition coefficient (Wildman–Crippen LogP) is -0.0758. The molecule has 0 bridgehead atoms. The van der Waals surface area contributed by atoms with Crippen LogP contribution in [0.25, 0.3) is 0 Å². The first-order chi connectivity index (χ1) is 10.9. The van der Waals surface area contributed by atoms with Crippen molar-refractivity contribution in [1.82, 2.24) is 10.7 Å². The Kier molecular flexibility index (Phi) is 7.41. The van der Waals surface area contributed by atoms with Crippen LogP contribution in [0.4, 0.5) is 5.69 Å². The van der Waals surface area contributed by atoms with E-state index in [0.29, 0.717) is 11.4 Å². The lowest BCUT2D eigenvalue weighted by molar-refractivity contribution is -0.139. The van der Waals surface area contributed by atoms with Crippen molar-refractivity contribution in [2.45, 2.75) is 20.3 Å². The third-order valence-electron chi connectivity index (χ3n) is 2.67. The number of benzene rings is 1. The molecule has 0 aromatic heterocycles. The van der Waals surface area contributed by atoms with Gasteiger partial charge in [0.2, 0.25) is 5.91 Å². The summed E-state index contributed by atoms with van der Waals surface area (Å²) >= 11 is 0. The van der Waals surface area contributed by atoms with Crippen LogP contribution in [0, 0.1) is 6.92 Å². The first-order valence-electron chi connectivity index (χ1n) is 7.01. The van der Waals surface area contributed by atoms with E-state index < -0.39 is 11.8 Å². The highest BCUT2D eigenvalue weighted by Gasteiger charge is 2.12. The van der Waals surface area contributed by atoms with Gasteiger partial charge in [-0.1, -0.05) is 12.1 Å². The molecular formula is C15H20N4O4. The molecule has 0 unspecified atom stereocenters. The maximum atomic E-state index is 11.8. The van der Waals surface area contributed by atoms with Gasteiger partial charge in [-0.2, -0.15) is 5.10 Å². The van der Waals surface area contributed by atoms with Gasteiger partial charge in [0.05, 0.1) is 13.0 Å². The number of amides is 3. The molecule has 1 aromatic carbocycles. The fraction of sp³-hybridized carbons (Fsp3) is 0.333. The van der Waals surface area contributed by atoms with Gasteiger partial charge in [0.1, 0.15) is 0 Å². The summed E-state index contributed by atoms with van der Waals surface area (Å²) in [6.07, 6.45) is -0.0213. The average molecular weight is 320 g/mol. The first kappa shape index (κ1) is 18.3. The summed E-state index contributed by atoms with van der Waals surface area (Å²) < 4.78 is 0. The number of nitrogens with one attached hydrogen (secondary N) is 3. The molecule has 0 aliphatic carbocycles. The van der Waals surface area contributed by atoms with Crippen molar-refractivity contribution in [2.75, 3.05) is 18.5 Å². The van der Waals surface area contributed by atoms with Gasteiger partial charge in [0, 0.05) is 17.9 Å². The highest BCUT2D eigenvalue weighted by molar-refractivity contribution is 6.35. The van der Waals surface area contributed by atoms with Crippen molar-refractivity contribution < 1.29 is 19.5 Å². The molecule has 0 spiro atoms. The van der Waals surface area contributed by atoms with Crippen LogP contribution >= 0.6 is 0 Å². The molecule has 0 fully saturated rings. The minimum atomic E-state index is -0.961. The number of anilines is 1. The lowest BCUT2D eigenvalue weighted by atomic mass is 10.2. The lowest BCUT2D eigenvalue weighted by Crippen LogP contribution is -2.39. The largest absolute Gasteiger partial charge is 0.395 e. The van der Waals surface area contributed by atoms with Crippen LogP contribution in [0.3, 0.4) is 0 Å². The molecule has 1 rings (SSSR count). The second-order valence-electron chi connectivity index (χ2n) is 4.86. The Morgan fingerprint density at radius 3 is 2.61 bits per heavy atom. The Morgan fingerprint density at radius 2 is 1.96 bits per heavy atom. The maximum absolute atomic E-state index is 11.8. The van der Waals surface area contributed by atoms with Crippen LogP contribution in [0.5, 0.6) is 0 Å². The van der Waals surface area contributed by atoms with Crippen molar-refractivity contribution in [1.29, 1.82) is 0 Å². The van der Waals surface area contributed by atoms with Crippen LogP contribution in [0.2, 0.25) is 0 Å². The van der Waals surface area contributed by atoms with E-state index in [4.69, 9.17) is 5.11 Å². The van der Waals surface area contributed by atoms with E-state index in [1.54, 1.807) is 13.0 Å². The van der Waals surface area contributed by atoms with Gasteiger partial charge in [-0.3, -0.25) is 14.4 Å². The number of hydrogen-bond acceptors (Lipinski definition) is 5. The molecule has 4 N–H and O–H groups in total. The zero-order chi connectivity index (χ0) is 17.2. The molecule has 124 valence electrons. The van der Waals surface area contributed by atoms with E-state index in [1.165, 1.54) is 0 Å². The monoisotopic (exact) mass is 320 g/mol. The molecule has 0 atom stereocenters. The van der Waals surface area contributed by atoms with Gasteiger partial charge in [0.25, 0.3) is 0 Å². The summed E-state index contributed by atoms with van der Waals surface area (Å²) in [5.74, 6) is -2.15. The van der Waals surface area contributed by atoms with Crippen LogP contribution in [0.15, 0.2) is 29.4 Å². The van der Waals surface area contributed by atoms with Crippen molar-refractivity contribution >= 4 is 29.1 Å². The highest BCUT2D eigenvalue weighted by Crippen LogP contribution is 2.09. The summed E-state index contributed by atoms with van der Waals surface area (Å²) in [6, 6.07) is 7.35. The number of aliphatic hydroxyl groups is 1. The smallest absolute Gasteiger partial charge is 0.329 e. The van der Waals surface area contributed by atoms with Crippen LogP contribution < -0.4 is 16.1 Å². The maximum Gasteiger partial charge on any atom is 0.329 e. The summed E-state index contributed by atoms with van der Waals surface area (Å²) in [4.78, 5) is 34.4. The predicted molar refractivity (Wildman–Crippen MR) is 85.8 cm³/mol. The number of carbonyl (C=O) groups excluding carboxylic acids is 3. The van der Waals surface area contributed by atoms with Crippen LogP contribution in [0.1, 0.15) is 18.9 Å². The fourth-order valence-corrected chi connectivity index (χ4v) is 1.65. The van der Waals surface area contributed by atoms with Crippen LogP contribution in [-0.4, -0.2) is 41.7 Å². The normalized spacial score (nSPS) is 10.8. The number of carbonyl (C=O) groups is 3. The van der Waals surface area contributed by atoms with Gasteiger partial charge in [-0.15, -0.1) is 0 Å². The topological polar surface area (TPSA) is 120 Å². The molecular weight excluding hydrogens is 300 g/mol. The average Bonchev–Trinajstić information content (AvgIpc) is 2.50. The Morgan fingerprint density at radius 1 is 1.22 bits per heavy atom. The van der Waals surface area contributed by atoms with Crippen LogP contribution in [-0.2, 0) is 14.4 Å². The second kappa shape index (κ2) is 9.31. The quantitative estimate of drug-likeness (QED) is 0.333. The highest BCUT2D eigenvalue weighted by atomic mass is 16.3. The molecule has 0 heterocycles. The molecule has 0 saturated carbocycles. The Bertz CT molecular complexity index is 613. The van der Waals surface area contributed by atoms with Crippen molar-refractivity contribution in [2.24, 2.45) is 5.10 Å². The molecule has 23 heavy (non-hydrogen) atoms. The van der Waals surface area contributed by atoms with Gasteiger partial charge < -0.3 is 15.7 Å². The van der Waals surface area contributed by atoms with E-state index in [2.05, 4.69) is 15.7 Å². The van der Waals surface area contributed by atoms with Crippen molar-refractivity contribution in [3.63, 3.8) is 0 Å². The first-order valence-corrected chi connectivity index (χ1v) is 7.01. The Balaban J connectivity index is 2.45. The van der Waals surface area contributed by atoms with Crippen molar-refractivity contribution in [3.05, 3.63) is 29.8 Å². The van der Waals surface area contributed by atoms with Gasteiger partial charge in [-0.25, -0.2) is 5.43 Å². The number of rotatable bonds is 6. The zero-order valence-electron chi connectivity index (χ0n) is 13.0. The number of aliphatic hydroxyl groups excluding tert-OH is 1.